The van der Waals surface area contributed by atoms with Crippen LogP contribution in [-0.2, 0) is 4.79 Å². The molecule has 0 radical (unpaired) electrons. The quantitative estimate of drug-likeness (QED) is 0.774. The van der Waals surface area contributed by atoms with Gasteiger partial charge in [0.05, 0.1) is 0 Å². The number of ether oxygens (including phenoxy) is 1. The van der Waals surface area contributed by atoms with E-state index in [9.17, 15) is 4.79 Å². The Balaban J connectivity index is 2.72. The average Bonchev–Trinajstić information content (AvgIpc) is 2.45. The number of halogens is 1. The van der Waals surface area contributed by atoms with Gasteiger partial charge in [0.25, 0.3) is 5.91 Å². The third-order valence-corrected chi connectivity index (χ3v) is 3.56. The zero-order valence-electron chi connectivity index (χ0n) is 13.2. The minimum absolute atomic E-state index is 0.0117. The third-order valence-electron chi connectivity index (χ3n) is 3.33. The molecule has 0 spiro atoms. The van der Waals surface area contributed by atoms with Crippen molar-refractivity contribution in [2.45, 2.75) is 46.2 Å². The Morgan fingerprint density at radius 3 is 2.67 bits per heavy atom. The molecule has 0 saturated carbocycles. The van der Waals surface area contributed by atoms with Gasteiger partial charge in [-0.15, -0.1) is 0 Å². The summed E-state index contributed by atoms with van der Waals surface area (Å²) >= 11 is 6.05. The maximum atomic E-state index is 11.8. The molecular formula is C16H25ClN2O2. The van der Waals surface area contributed by atoms with Gasteiger partial charge >= 0.3 is 0 Å². The van der Waals surface area contributed by atoms with Crippen molar-refractivity contribution in [2.24, 2.45) is 0 Å². The van der Waals surface area contributed by atoms with Gasteiger partial charge in [0.2, 0.25) is 0 Å². The molecule has 0 aliphatic rings. The molecule has 0 aromatic heterocycles. The largest absolute Gasteiger partial charge is 0.483 e. The first-order chi connectivity index (χ1) is 9.97. The Labute approximate surface area is 132 Å². The zero-order chi connectivity index (χ0) is 15.8. The van der Waals surface area contributed by atoms with Gasteiger partial charge in [-0.3, -0.25) is 4.79 Å². The second-order valence-electron chi connectivity index (χ2n) is 5.13. The Kier molecular flexibility index (Phi) is 7.54. The highest BCUT2D eigenvalue weighted by molar-refractivity contribution is 6.30. The van der Waals surface area contributed by atoms with Crippen LogP contribution in [0.4, 0.5) is 0 Å². The van der Waals surface area contributed by atoms with Gasteiger partial charge in [0, 0.05) is 22.7 Å². The van der Waals surface area contributed by atoms with Crippen LogP contribution in [-0.4, -0.2) is 25.1 Å². The van der Waals surface area contributed by atoms with E-state index in [-0.39, 0.29) is 24.6 Å². The SMILES string of the molecule is CCNC(C)c1cc(Cl)ccc1OCC(=O)NC(C)CC. The average molecular weight is 313 g/mol. The fourth-order valence-corrected chi connectivity index (χ4v) is 2.15. The van der Waals surface area contributed by atoms with Crippen LogP contribution in [0.5, 0.6) is 5.75 Å². The molecule has 0 aliphatic carbocycles. The molecule has 21 heavy (non-hydrogen) atoms. The fourth-order valence-electron chi connectivity index (χ4n) is 1.97. The monoisotopic (exact) mass is 312 g/mol. The number of benzene rings is 1. The Hall–Kier alpha value is -1.26. The number of carbonyl (C=O) groups excluding carboxylic acids is 1. The predicted octanol–water partition coefficient (Wildman–Crippen LogP) is 3.30. The highest BCUT2D eigenvalue weighted by atomic mass is 35.5. The summed E-state index contributed by atoms with van der Waals surface area (Å²) in [4.78, 5) is 11.8. The van der Waals surface area contributed by atoms with E-state index in [1.54, 1.807) is 6.07 Å². The molecule has 118 valence electrons. The van der Waals surface area contributed by atoms with Crippen molar-refractivity contribution >= 4 is 17.5 Å². The van der Waals surface area contributed by atoms with Crippen LogP contribution < -0.4 is 15.4 Å². The van der Waals surface area contributed by atoms with E-state index in [0.717, 1.165) is 18.5 Å². The molecule has 1 aromatic carbocycles. The number of carbonyl (C=O) groups is 1. The molecule has 2 unspecified atom stereocenters. The summed E-state index contributed by atoms with van der Waals surface area (Å²) in [5, 5.41) is 6.86. The van der Waals surface area contributed by atoms with Crippen LogP contribution in [0, 0.1) is 0 Å². The number of nitrogens with one attached hydrogen (secondary N) is 2. The summed E-state index contributed by atoms with van der Waals surface area (Å²) in [6.45, 7) is 8.95. The lowest BCUT2D eigenvalue weighted by molar-refractivity contribution is -0.123. The van der Waals surface area contributed by atoms with Gasteiger partial charge in [0.1, 0.15) is 5.75 Å². The molecule has 0 heterocycles. The van der Waals surface area contributed by atoms with Crippen molar-refractivity contribution < 1.29 is 9.53 Å². The minimum atomic E-state index is -0.110. The normalized spacial score (nSPS) is 13.6. The van der Waals surface area contributed by atoms with Crippen molar-refractivity contribution in [2.75, 3.05) is 13.2 Å². The molecule has 2 atom stereocenters. The van der Waals surface area contributed by atoms with Crippen molar-refractivity contribution in [3.05, 3.63) is 28.8 Å². The van der Waals surface area contributed by atoms with E-state index in [4.69, 9.17) is 16.3 Å². The van der Waals surface area contributed by atoms with Crippen molar-refractivity contribution in [3.63, 3.8) is 0 Å². The summed E-state index contributed by atoms with van der Waals surface area (Å²) in [5.74, 6) is 0.577. The van der Waals surface area contributed by atoms with E-state index < -0.39 is 0 Å². The summed E-state index contributed by atoms with van der Waals surface area (Å²) in [6.07, 6.45) is 0.898. The first-order valence-electron chi connectivity index (χ1n) is 7.42. The lowest BCUT2D eigenvalue weighted by Gasteiger charge is -2.18. The van der Waals surface area contributed by atoms with Crippen LogP contribution in [0.2, 0.25) is 5.02 Å². The van der Waals surface area contributed by atoms with Crippen LogP contribution in [0.15, 0.2) is 18.2 Å². The second-order valence-corrected chi connectivity index (χ2v) is 5.56. The van der Waals surface area contributed by atoms with Gasteiger partial charge in [-0.25, -0.2) is 0 Å². The number of amides is 1. The molecule has 0 aliphatic heterocycles. The molecule has 0 bridgehead atoms. The summed E-state index contributed by atoms with van der Waals surface area (Å²) in [6, 6.07) is 5.72. The molecule has 0 fully saturated rings. The smallest absolute Gasteiger partial charge is 0.258 e. The molecular weight excluding hydrogens is 288 g/mol. The highest BCUT2D eigenvalue weighted by Crippen LogP contribution is 2.28. The van der Waals surface area contributed by atoms with Crippen LogP contribution in [0.3, 0.4) is 0 Å². The lowest BCUT2D eigenvalue weighted by Crippen LogP contribution is -2.35. The maximum Gasteiger partial charge on any atom is 0.258 e. The van der Waals surface area contributed by atoms with Crippen molar-refractivity contribution in [1.82, 2.24) is 10.6 Å². The predicted molar refractivity (Wildman–Crippen MR) is 86.9 cm³/mol. The number of hydrogen-bond acceptors (Lipinski definition) is 3. The van der Waals surface area contributed by atoms with Gasteiger partial charge in [-0.1, -0.05) is 25.4 Å². The summed E-state index contributed by atoms with van der Waals surface area (Å²) in [5.41, 5.74) is 0.959. The van der Waals surface area contributed by atoms with E-state index in [1.165, 1.54) is 0 Å². The third kappa shape index (κ3) is 5.94. The van der Waals surface area contributed by atoms with E-state index in [1.807, 2.05) is 39.8 Å². The minimum Gasteiger partial charge on any atom is -0.483 e. The fraction of sp³-hybridized carbons (Fsp3) is 0.562. The summed E-state index contributed by atoms with van der Waals surface area (Å²) in [7, 11) is 0. The Bertz CT molecular complexity index is 466. The molecule has 0 saturated heterocycles. The van der Waals surface area contributed by atoms with Gasteiger partial charge in [-0.05, 0) is 45.0 Å². The van der Waals surface area contributed by atoms with E-state index in [0.29, 0.717) is 10.8 Å². The van der Waals surface area contributed by atoms with Crippen molar-refractivity contribution in [3.8, 4) is 5.75 Å². The maximum absolute atomic E-state index is 11.8. The number of hydrogen-bond donors (Lipinski definition) is 2. The number of rotatable bonds is 8. The van der Waals surface area contributed by atoms with Gasteiger partial charge < -0.3 is 15.4 Å². The molecule has 1 aromatic rings. The topological polar surface area (TPSA) is 50.4 Å². The highest BCUT2D eigenvalue weighted by Gasteiger charge is 2.13. The van der Waals surface area contributed by atoms with Crippen molar-refractivity contribution in [1.29, 1.82) is 0 Å². The van der Waals surface area contributed by atoms with Crippen LogP contribution in [0.1, 0.15) is 45.7 Å². The zero-order valence-corrected chi connectivity index (χ0v) is 14.0. The van der Waals surface area contributed by atoms with Crippen LogP contribution in [0.25, 0.3) is 0 Å². The molecule has 4 nitrogen and oxygen atoms in total. The lowest BCUT2D eigenvalue weighted by atomic mass is 10.1. The van der Waals surface area contributed by atoms with Gasteiger partial charge in [0.15, 0.2) is 6.61 Å². The van der Waals surface area contributed by atoms with E-state index >= 15 is 0 Å². The van der Waals surface area contributed by atoms with Crippen LogP contribution >= 0.6 is 11.6 Å². The molecule has 5 heteroatoms. The Morgan fingerprint density at radius 2 is 2.05 bits per heavy atom. The summed E-state index contributed by atoms with van der Waals surface area (Å²) < 4.78 is 5.66. The van der Waals surface area contributed by atoms with E-state index in [2.05, 4.69) is 10.6 Å². The standard InChI is InChI=1S/C16H25ClN2O2/c1-5-11(3)19-16(20)10-21-15-8-7-13(17)9-14(15)12(4)18-6-2/h7-9,11-12,18H,5-6,10H2,1-4H3,(H,19,20). The molecule has 1 amide bonds. The first kappa shape index (κ1) is 17.8. The second kappa shape index (κ2) is 8.90. The van der Waals surface area contributed by atoms with Gasteiger partial charge in [-0.2, -0.15) is 0 Å². The Morgan fingerprint density at radius 1 is 1.33 bits per heavy atom. The first-order valence-corrected chi connectivity index (χ1v) is 7.80. The molecule has 2 N–H and O–H groups in total. The molecule has 1 rings (SSSR count).